The van der Waals surface area contributed by atoms with Crippen molar-refractivity contribution >= 4 is 17.3 Å². The number of para-hydroxylation sites is 2. The van der Waals surface area contributed by atoms with Crippen LogP contribution in [0.1, 0.15) is 15.7 Å². The molecule has 106 valence electrons. The number of aromatic hydroxyl groups is 1. The Morgan fingerprint density at radius 3 is 2.65 bits per heavy atom. The van der Waals surface area contributed by atoms with Crippen molar-refractivity contribution in [1.82, 2.24) is 0 Å². The van der Waals surface area contributed by atoms with Crippen LogP contribution in [0.3, 0.4) is 0 Å². The molecule has 2 aromatic rings. The minimum Gasteiger partial charge on any atom is -0.504 e. The zero-order valence-corrected chi connectivity index (χ0v) is 12.1. The highest BCUT2D eigenvalue weighted by Gasteiger charge is 2.24. The molecule has 4 nitrogen and oxygen atoms in total. The first-order valence-corrected chi connectivity index (χ1v) is 6.98. The van der Waals surface area contributed by atoms with Crippen molar-refractivity contribution in [3.05, 3.63) is 46.2 Å². The molecular formula is C15H16O4S. The van der Waals surface area contributed by atoms with Gasteiger partial charge >= 0.3 is 5.97 Å². The van der Waals surface area contributed by atoms with E-state index in [1.165, 1.54) is 24.5 Å². The maximum Gasteiger partial charge on any atom is 0.317 e. The highest BCUT2D eigenvalue weighted by atomic mass is 32.1. The molecule has 0 bridgehead atoms. The maximum atomic E-state index is 11.9. The molecular weight excluding hydrogens is 276 g/mol. The van der Waals surface area contributed by atoms with Gasteiger partial charge in [0.05, 0.1) is 7.11 Å². The number of benzene rings is 1. The van der Waals surface area contributed by atoms with Gasteiger partial charge < -0.3 is 14.6 Å². The lowest BCUT2D eigenvalue weighted by Crippen LogP contribution is -2.20. The molecule has 2 rings (SSSR count). The van der Waals surface area contributed by atoms with Crippen molar-refractivity contribution in [2.45, 2.75) is 12.8 Å². The molecule has 1 aromatic heterocycles. The van der Waals surface area contributed by atoms with Crippen LogP contribution in [0.5, 0.6) is 11.5 Å². The van der Waals surface area contributed by atoms with Crippen LogP contribution in [0.2, 0.25) is 0 Å². The van der Waals surface area contributed by atoms with Crippen LogP contribution in [0, 0.1) is 6.92 Å². The van der Waals surface area contributed by atoms with Crippen LogP contribution >= 0.6 is 11.3 Å². The third-order valence-corrected chi connectivity index (χ3v) is 3.98. The summed E-state index contributed by atoms with van der Waals surface area (Å²) in [5.41, 5.74) is 0. The van der Waals surface area contributed by atoms with E-state index in [2.05, 4.69) is 0 Å². The largest absolute Gasteiger partial charge is 0.504 e. The highest BCUT2D eigenvalue weighted by molar-refractivity contribution is 7.12. The molecule has 0 fully saturated rings. The predicted molar refractivity (Wildman–Crippen MR) is 77.4 cm³/mol. The summed E-state index contributed by atoms with van der Waals surface area (Å²) < 4.78 is 10.4. The lowest BCUT2D eigenvalue weighted by molar-refractivity contribution is -0.143. The lowest BCUT2D eigenvalue weighted by Gasteiger charge is -2.15. The molecule has 0 radical (unpaired) electrons. The van der Waals surface area contributed by atoms with E-state index in [9.17, 15) is 9.90 Å². The lowest BCUT2D eigenvalue weighted by atomic mass is 10.1. The van der Waals surface area contributed by atoms with Crippen molar-refractivity contribution in [3.8, 4) is 11.5 Å². The van der Waals surface area contributed by atoms with Gasteiger partial charge in [-0.3, -0.25) is 4.79 Å². The molecule has 0 amide bonds. The standard InChI is InChI=1S/C15H16O4S/c1-10-7-8-14(20-10)11(15(17)18-2)9-19-13-6-4-3-5-12(13)16/h3-8,11,16H,9H2,1-2H3. The molecule has 1 aromatic carbocycles. The van der Waals surface area contributed by atoms with Crippen molar-refractivity contribution in [3.63, 3.8) is 0 Å². The Labute approximate surface area is 121 Å². The van der Waals surface area contributed by atoms with E-state index in [1.54, 1.807) is 18.2 Å². The Hall–Kier alpha value is -2.01. The Kier molecular flexibility index (Phi) is 4.63. The minimum atomic E-state index is -0.488. The highest BCUT2D eigenvalue weighted by Crippen LogP contribution is 2.29. The summed E-state index contributed by atoms with van der Waals surface area (Å²) in [6, 6.07) is 10.5. The average Bonchev–Trinajstić information content (AvgIpc) is 2.87. The smallest absolute Gasteiger partial charge is 0.317 e. The number of carbonyl (C=O) groups excluding carboxylic acids is 1. The molecule has 1 atom stereocenters. The van der Waals surface area contributed by atoms with E-state index in [1.807, 2.05) is 19.1 Å². The predicted octanol–water partition coefficient (Wildman–Crippen LogP) is 3.10. The van der Waals surface area contributed by atoms with E-state index in [0.29, 0.717) is 5.75 Å². The van der Waals surface area contributed by atoms with Gasteiger partial charge in [-0.05, 0) is 31.2 Å². The van der Waals surface area contributed by atoms with Gasteiger partial charge in [0.2, 0.25) is 0 Å². The zero-order chi connectivity index (χ0) is 14.5. The van der Waals surface area contributed by atoms with Crippen LogP contribution < -0.4 is 4.74 Å². The molecule has 0 saturated heterocycles. The summed E-state index contributed by atoms with van der Waals surface area (Å²) in [6.45, 7) is 2.11. The number of hydrogen-bond donors (Lipinski definition) is 1. The van der Waals surface area contributed by atoms with Crippen LogP contribution in [0.15, 0.2) is 36.4 Å². The molecule has 1 unspecified atom stereocenters. The van der Waals surface area contributed by atoms with E-state index in [4.69, 9.17) is 9.47 Å². The van der Waals surface area contributed by atoms with E-state index < -0.39 is 5.92 Å². The summed E-state index contributed by atoms with van der Waals surface area (Å²) in [5, 5.41) is 9.66. The zero-order valence-electron chi connectivity index (χ0n) is 11.3. The maximum absolute atomic E-state index is 11.9. The molecule has 1 N–H and O–H groups in total. The van der Waals surface area contributed by atoms with Gasteiger partial charge in [0.15, 0.2) is 11.5 Å². The first kappa shape index (κ1) is 14.4. The summed E-state index contributed by atoms with van der Waals surface area (Å²) >= 11 is 1.54. The molecule has 20 heavy (non-hydrogen) atoms. The van der Waals surface area contributed by atoms with Crippen LogP contribution in [-0.4, -0.2) is 24.8 Å². The summed E-state index contributed by atoms with van der Waals surface area (Å²) in [7, 11) is 1.36. The second-order valence-electron chi connectivity index (χ2n) is 4.30. The fourth-order valence-electron chi connectivity index (χ4n) is 1.80. The van der Waals surface area contributed by atoms with Crippen molar-refractivity contribution in [2.75, 3.05) is 13.7 Å². The van der Waals surface area contributed by atoms with Crippen LogP contribution in [-0.2, 0) is 9.53 Å². The van der Waals surface area contributed by atoms with E-state index in [-0.39, 0.29) is 18.3 Å². The SMILES string of the molecule is COC(=O)C(COc1ccccc1O)c1ccc(C)s1. The first-order chi connectivity index (χ1) is 9.61. The first-order valence-electron chi connectivity index (χ1n) is 6.16. The number of rotatable bonds is 5. The second-order valence-corrected chi connectivity index (χ2v) is 5.62. The van der Waals surface area contributed by atoms with Gasteiger partial charge in [-0.25, -0.2) is 0 Å². The number of ether oxygens (including phenoxy) is 2. The van der Waals surface area contributed by atoms with Crippen molar-refractivity contribution in [2.24, 2.45) is 0 Å². The Balaban J connectivity index is 2.13. The molecule has 1 heterocycles. The van der Waals surface area contributed by atoms with E-state index in [0.717, 1.165) is 9.75 Å². The van der Waals surface area contributed by atoms with Gasteiger partial charge in [-0.15, -0.1) is 11.3 Å². The fourth-order valence-corrected chi connectivity index (χ4v) is 2.75. The Morgan fingerprint density at radius 2 is 2.05 bits per heavy atom. The fraction of sp³-hybridized carbons (Fsp3) is 0.267. The van der Waals surface area contributed by atoms with Gasteiger partial charge in [0, 0.05) is 9.75 Å². The number of phenols is 1. The molecule has 0 spiro atoms. The van der Waals surface area contributed by atoms with Crippen molar-refractivity contribution in [1.29, 1.82) is 0 Å². The van der Waals surface area contributed by atoms with Gasteiger partial charge in [0.25, 0.3) is 0 Å². The van der Waals surface area contributed by atoms with Gasteiger partial charge in [-0.1, -0.05) is 12.1 Å². The third-order valence-electron chi connectivity index (χ3n) is 2.86. The topological polar surface area (TPSA) is 55.8 Å². The Morgan fingerprint density at radius 1 is 1.30 bits per heavy atom. The molecule has 0 aliphatic heterocycles. The number of methoxy groups -OCH3 is 1. The minimum absolute atomic E-state index is 0.0541. The van der Waals surface area contributed by atoms with Crippen LogP contribution in [0.25, 0.3) is 0 Å². The van der Waals surface area contributed by atoms with Crippen molar-refractivity contribution < 1.29 is 19.4 Å². The second kappa shape index (κ2) is 6.43. The average molecular weight is 292 g/mol. The summed E-state index contributed by atoms with van der Waals surface area (Å²) in [4.78, 5) is 13.9. The Bertz CT molecular complexity index is 591. The summed E-state index contributed by atoms with van der Waals surface area (Å²) in [5.74, 6) is -0.422. The number of phenolic OH excluding ortho intramolecular Hbond substituents is 1. The molecule has 0 saturated carbocycles. The number of carbonyl (C=O) groups is 1. The summed E-state index contributed by atoms with van der Waals surface area (Å²) in [6.07, 6.45) is 0. The normalized spacial score (nSPS) is 11.9. The van der Waals surface area contributed by atoms with Crippen LogP contribution in [0.4, 0.5) is 0 Å². The monoisotopic (exact) mass is 292 g/mol. The molecule has 0 aliphatic rings. The third kappa shape index (κ3) is 3.30. The van der Waals surface area contributed by atoms with Gasteiger partial charge in [0.1, 0.15) is 12.5 Å². The quantitative estimate of drug-likeness (QED) is 0.860. The number of aryl methyl sites for hydroxylation is 1. The number of thiophene rings is 1. The number of hydrogen-bond acceptors (Lipinski definition) is 5. The number of esters is 1. The van der Waals surface area contributed by atoms with Gasteiger partial charge in [-0.2, -0.15) is 0 Å². The molecule has 0 aliphatic carbocycles. The van der Waals surface area contributed by atoms with E-state index >= 15 is 0 Å². The molecule has 5 heteroatoms.